The van der Waals surface area contributed by atoms with Crippen molar-refractivity contribution in [2.24, 2.45) is 23.2 Å². The molecule has 1 N–H and O–H groups in total. The minimum Gasteiger partial charge on any atom is -0.456 e. The molecular weight excluding hydrogens is 394 g/mol. The summed E-state index contributed by atoms with van der Waals surface area (Å²) in [6.07, 6.45) is 12.2. The second-order valence-corrected chi connectivity index (χ2v) is 11.7. The Kier molecular flexibility index (Phi) is 5.13. The summed E-state index contributed by atoms with van der Waals surface area (Å²) in [6.45, 7) is 2.15. The van der Waals surface area contributed by atoms with Crippen molar-refractivity contribution in [2.45, 2.75) is 87.9 Å². The summed E-state index contributed by atoms with van der Waals surface area (Å²) in [5.41, 5.74) is 0.112. The van der Waals surface area contributed by atoms with Crippen LogP contribution in [0.25, 0.3) is 0 Å². The van der Waals surface area contributed by atoms with Crippen molar-refractivity contribution < 1.29 is 14.3 Å². The summed E-state index contributed by atoms with van der Waals surface area (Å²) < 4.78 is 5.63. The molecular formula is C21H32BrNO3. The van der Waals surface area contributed by atoms with Crippen molar-refractivity contribution in [3.8, 4) is 0 Å². The van der Waals surface area contributed by atoms with Gasteiger partial charge in [0.05, 0.1) is 6.42 Å². The first-order chi connectivity index (χ1) is 12.3. The largest absolute Gasteiger partial charge is 0.456 e. The van der Waals surface area contributed by atoms with Crippen LogP contribution >= 0.6 is 15.9 Å². The number of carbonyl (C=O) groups is 2. The van der Waals surface area contributed by atoms with Gasteiger partial charge < -0.3 is 10.1 Å². The number of carbonyl (C=O) groups excluding carboxylic acids is 2. The summed E-state index contributed by atoms with van der Waals surface area (Å²) in [5.74, 6) is 1.97. The average Bonchev–Trinajstić information content (AvgIpc) is 2.52. The predicted octanol–water partition coefficient (Wildman–Crippen LogP) is 4.35. The van der Waals surface area contributed by atoms with Gasteiger partial charge in [-0.25, -0.2) is 0 Å². The number of hydrogen-bond acceptors (Lipinski definition) is 3. The van der Waals surface area contributed by atoms with Gasteiger partial charge in [-0.05, 0) is 87.4 Å². The van der Waals surface area contributed by atoms with E-state index in [-0.39, 0.29) is 34.3 Å². The Labute approximate surface area is 165 Å². The Morgan fingerprint density at radius 1 is 1.08 bits per heavy atom. The molecule has 2 unspecified atom stereocenters. The summed E-state index contributed by atoms with van der Waals surface area (Å²) in [6, 6.07) is 0.258. The lowest BCUT2D eigenvalue weighted by Gasteiger charge is -2.60. The number of halogens is 1. The number of rotatable bonds is 5. The Bertz CT molecular complexity index is 556. The summed E-state index contributed by atoms with van der Waals surface area (Å²) in [5, 5.41) is 3.04. The van der Waals surface area contributed by atoms with Gasteiger partial charge in [0.25, 0.3) is 5.91 Å². The lowest BCUT2D eigenvalue weighted by molar-refractivity contribution is -0.154. The number of ether oxygens (including phenoxy) is 1. The van der Waals surface area contributed by atoms with Gasteiger partial charge in [-0.1, -0.05) is 22.9 Å². The number of nitrogens with one attached hydrogen (secondary N) is 1. The van der Waals surface area contributed by atoms with Gasteiger partial charge in [0.1, 0.15) is 0 Å². The minimum atomic E-state index is -0.185. The maximum atomic E-state index is 12.5. The summed E-state index contributed by atoms with van der Waals surface area (Å²) in [4.78, 5) is 24.6. The van der Waals surface area contributed by atoms with E-state index >= 15 is 0 Å². The van der Waals surface area contributed by atoms with Crippen molar-refractivity contribution in [3.63, 3.8) is 0 Å². The Balaban J connectivity index is 1.24. The van der Waals surface area contributed by atoms with Crippen molar-refractivity contribution in [1.29, 1.82) is 0 Å². The fourth-order valence-corrected chi connectivity index (χ4v) is 8.23. The fraction of sp³-hybridized carbons (Fsp3) is 0.905. The third kappa shape index (κ3) is 4.13. The first-order valence-electron chi connectivity index (χ1n) is 10.5. The van der Waals surface area contributed by atoms with Crippen LogP contribution in [0.2, 0.25) is 0 Å². The number of alkyl halides is 1. The highest BCUT2D eigenvalue weighted by molar-refractivity contribution is 9.10. The molecule has 5 heteroatoms. The van der Waals surface area contributed by atoms with Crippen LogP contribution < -0.4 is 5.32 Å². The van der Waals surface area contributed by atoms with Crippen molar-refractivity contribution in [2.75, 3.05) is 6.61 Å². The molecule has 5 aliphatic rings. The normalized spacial score (nSPS) is 43.9. The van der Waals surface area contributed by atoms with E-state index in [1.165, 1.54) is 44.9 Å². The molecule has 146 valence electrons. The third-order valence-corrected chi connectivity index (χ3v) is 8.30. The monoisotopic (exact) mass is 425 g/mol. The standard InChI is InChI=1S/C21H32BrNO3/c1-14-2-4-17(5-3-14)23-18(24)12-26-19(25)11-20-7-15-6-16(8-20)10-21(22,9-15)13-20/h14-17H,2-13H2,1H3,(H,23,24)/t14?,15-,16+,17?,20?,21?. The second kappa shape index (κ2) is 7.10. The van der Waals surface area contributed by atoms with Crippen LogP contribution in [-0.2, 0) is 14.3 Å². The first kappa shape index (κ1) is 18.8. The van der Waals surface area contributed by atoms with Gasteiger partial charge in [0, 0.05) is 10.4 Å². The Hall–Kier alpha value is -0.580. The van der Waals surface area contributed by atoms with Crippen LogP contribution in [0.5, 0.6) is 0 Å². The highest BCUT2D eigenvalue weighted by Gasteiger charge is 2.57. The van der Waals surface area contributed by atoms with Gasteiger partial charge >= 0.3 is 5.97 Å². The van der Waals surface area contributed by atoms with E-state index < -0.39 is 0 Å². The molecule has 26 heavy (non-hydrogen) atoms. The SMILES string of the molecule is CC1CCC(NC(=O)COC(=O)CC23C[C@@H]4C[C@@H](CC(Br)(C4)C2)C3)CC1. The number of hydrogen-bond donors (Lipinski definition) is 1. The van der Waals surface area contributed by atoms with Gasteiger partial charge in [0.15, 0.2) is 6.61 Å². The van der Waals surface area contributed by atoms with Crippen LogP contribution in [0.3, 0.4) is 0 Å². The molecule has 0 spiro atoms. The Morgan fingerprint density at radius 3 is 2.35 bits per heavy atom. The molecule has 0 aromatic rings. The number of amides is 1. The zero-order valence-electron chi connectivity index (χ0n) is 15.9. The lowest BCUT2D eigenvalue weighted by Crippen LogP contribution is -2.53. The molecule has 1 amide bonds. The third-order valence-electron chi connectivity index (χ3n) is 7.38. The van der Waals surface area contributed by atoms with Crippen LogP contribution in [0.1, 0.15) is 77.6 Å². The number of esters is 1. The van der Waals surface area contributed by atoms with E-state index in [1.54, 1.807) is 0 Å². The van der Waals surface area contributed by atoms with E-state index in [0.29, 0.717) is 6.42 Å². The zero-order valence-corrected chi connectivity index (χ0v) is 17.5. The quantitative estimate of drug-likeness (QED) is 0.525. The molecule has 5 aliphatic carbocycles. The maximum Gasteiger partial charge on any atom is 0.306 e. The smallest absolute Gasteiger partial charge is 0.306 e. The molecule has 0 saturated heterocycles. The van der Waals surface area contributed by atoms with Gasteiger partial charge in [-0.3, -0.25) is 9.59 Å². The average molecular weight is 426 g/mol. The molecule has 0 aromatic heterocycles. The highest BCUT2D eigenvalue weighted by atomic mass is 79.9. The highest BCUT2D eigenvalue weighted by Crippen LogP contribution is 2.65. The van der Waals surface area contributed by atoms with Crippen LogP contribution in [0.15, 0.2) is 0 Å². The zero-order chi connectivity index (χ0) is 18.4. The van der Waals surface area contributed by atoms with E-state index in [4.69, 9.17) is 4.74 Å². The van der Waals surface area contributed by atoms with Crippen LogP contribution in [0, 0.1) is 23.2 Å². The van der Waals surface area contributed by atoms with E-state index in [9.17, 15) is 9.59 Å². The molecule has 0 aliphatic heterocycles. The van der Waals surface area contributed by atoms with E-state index in [0.717, 1.165) is 37.0 Å². The molecule has 0 heterocycles. The fourth-order valence-electron chi connectivity index (χ4n) is 6.72. The first-order valence-corrected chi connectivity index (χ1v) is 11.3. The van der Waals surface area contributed by atoms with Crippen LogP contribution in [-0.4, -0.2) is 28.8 Å². The van der Waals surface area contributed by atoms with Crippen LogP contribution in [0.4, 0.5) is 0 Å². The maximum absolute atomic E-state index is 12.5. The minimum absolute atomic E-state index is 0.112. The summed E-state index contributed by atoms with van der Waals surface area (Å²) in [7, 11) is 0. The topological polar surface area (TPSA) is 55.4 Å². The molecule has 5 saturated carbocycles. The molecule has 5 rings (SSSR count). The van der Waals surface area contributed by atoms with Crippen molar-refractivity contribution in [3.05, 3.63) is 0 Å². The van der Waals surface area contributed by atoms with Gasteiger partial charge in [-0.15, -0.1) is 0 Å². The van der Waals surface area contributed by atoms with Crippen molar-refractivity contribution >= 4 is 27.8 Å². The predicted molar refractivity (Wildman–Crippen MR) is 104 cm³/mol. The van der Waals surface area contributed by atoms with E-state index in [2.05, 4.69) is 28.2 Å². The molecule has 0 radical (unpaired) electrons. The molecule has 4 bridgehead atoms. The molecule has 4 atom stereocenters. The Morgan fingerprint density at radius 2 is 1.73 bits per heavy atom. The molecule has 5 fully saturated rings. The van der Waals surface area contributed by atoms with E-state index in [1.807, 2.05) is 0 Å². The second-order valence-electron chi connectivity index (χ2n) is 9.97. The van der Waals surface area contributed by atoms with Crippen molar-refractivity contribution in [1.82, 2.24) is 5.32 Å². The van der Waals surface area contributed by atoms with Gasteiger partial charge in [-0.2, -0.15) is 0 Å². The lowest BCUT2D eigenvalue weighted by atomic mass is 9.49. The van der Waals surface area contributed by atoms with Gasteiger partial charge in [0.2, 0.25) is 0 Å². The summed E-state index contributed by atoms with van der Waals surface area (Å²) >= 11 is 3.99. The molecule has 0 aromatic carbocycles. The molecule has 4 nitrogen and oxygen atoms in total.